The molecule has 0 aromatic heterocycles. The predicted octanol–water partition coefficient (Wildman–Crippen LogP) is 4.49. The molecule has 2 rings (SSSR count). The molecule has 1 aromatic carbocycles. The van der Waals surface area contributed by atoms with Crippen LogP contribution in [0.2, 0.25) is 0 Å². The zero-order chi connectivity index (χ0) is 30.6. The first kappa shape index (κ1) is 34.2. The molecule has 0 aliphatic carbocycles. The molecule has 1 fully saturated rings. The average molecular weight is 578 g/mol. The molecule has 0 bridgehead atoms. The van der Waals surface area contributed by atoms with Gasteiger partial charge in [-0.05, 0) is 64.2 Å². The molecule has 1 N–H and O–H groups in total. The summed E-state index contributed by atoms with van der Waals surface area (Å²) in [4.78, 5) is 43.3. The van der Waals surface area contributed by atoms with Gasteiger partial charge in [-0.25, -0.2) is 4.79 Å². The van der Waals surface area contributed by atoms with Gasteiger partial charge in [0.05, 0.1) is 25.6 Å². The molecule has 1 heterocycles. The lowest BCUT2D eigenvalue weighted by atomic mass is 9.87. The van der Waals surface area contributed by atoms with Crippen LogP contribution in [0.4, 0.5) is 4.79 Å². The number of amides is 3. The number of methoxy groups -OCH3 is 2. The van der Waals surface area contributed by atoms with E-state index in [1.165, 1.54) is 4.90 Å². The van der Waals surface area contributed by atoms with Gasteiger partial charge in [0, 0.05) is 52.9 Å². The van der Waals surface area contributed by atoms with Crippen LogP contribution in [0, 0.1) is 17.8 Å². The first-order chi connectivity index (χ1) is 19.4. The number of piperidine rings is 1. The summed E-state index contributed by atoms with van der Waals surface area (Å²) in [5.74, 6) is 0.429. The number of nitrogens with one attached hydrogen (secondary N) is 1. The first-order valence-electron chi connectivity index (χ1n) is 14.7. The summed E-state index contributed by atoms with van der Waals surface area (Å²) in [7, 11) is 3.24. The number of rotatable bonds is 14. The third-order valence-electron chi connectivity index (χ3n) is 6.89. The monoisotopic (exact) mass is 577 g/mol. The van der Waals surface area contributed by atoms with Crippen LogP contribution in [0.15, 0.2) is 18.2 Å². The molecular weight excluding hydrogens is 526 g/mol. The molecule has 0 radical (unpaired) electrons. The number of ether oxygens (including phenoxy) is 4. The molecule has 0 unspecified atom stereocenters. The maximum absolute atomic E-state index is 13.9. The van der Waals surface area contributed by atoms with Crippen LogP contribution in [-0.2, 0) is 25.6 Å². The summed E-state index contributed by atoms with van der Waals surface area (Å²) in [5.41, 5.74) is 0.210. The molecule has 0 spiro atoms. The van der Waals surface area contributed by atoms with E-state index in [0.717, 1.165) is 18.4 Å². The molecule has 10 heteroatoms. The van der Waals surface area contributed by atoms with Gasteiger partial charge in [-0.3, -0.25) is 9.59 Å². The van der Waals surface area contributed by atoms with Crippen molar-refractivity contribution in [1.29, 1.82) is 0 Å². The maximum Gasteiger partial charge on any atom is 0.410 e. The molecule has 0 saturated carbocycles. The average Bonchev–Trinajstić information content (AvgIpc) is 2.92. The fourth-order valence-corrected chi connectivity index (χ4v) is 4.71. The highest BCUT2D eigenvalue weighted by molar-refractivity contribution is 5.84. The molecule has 1 aliphatic rings. The van der Waals surface area contributed by atoms with Gasteiger partial charge in [-0.15, -0.1) is 0 Å². The Balaban J connectivity index is 2.20. The Morgan fingerprint density at radius 3 is 2.39 bits per heavy atom. The van der Waals surface area contributed by atoms with Gasteiger partial charge in [0.2, 0.25) is 11.8 Å². The van der Waals surface area contributed by atoms with Gasteiger partial charge in [-0.1, -0.05) is 19.9 Å². The van der Waals surface area contributed by atoms with E-state index in [9.17, 15) is 14.4 Å². The van der Waals surface area contributed by atoms with Crippen LogP contribution < -0.4 is 14.8 Å². The molecule has 1 aliphatic heterocycles. The highest BCUT2D eigenvalue weighted by Gasteiger charge is 2.39. The quantitative estimate of drug-likeness (QED) is 0.325. The van der Waals surface area contributed by atoms with Gasteiger partial charge < -0.3 is 34.1 Å². The molecule has 3 amide bonds. The van der Waals surface area contributed by atoms with Crippen LogP contribution in [0.5, 0.6) is 11.5 Å². The molecule has 10 nitrogen and oxygen atoms in total. The first-order valence-corrected chi connectivity index (χ1v) is 14.7. The van der Waals surface area contributed by atoms with E-state index in [1.807, 2.05) is 25.1 Å². The third-order valence-corrected chi connectivity index (χ3v) is 6.89. The molecule has 1 aromatic rings. The summed E-state index contributed by atoms with van der Waals surface area (Å²) in [6.45, 7) is 14.4. The maximum atomic E-state index is 13.9. The number of benzene rings is 1. The third kappa shape index (κ3) is 11.4. The fraction of sp³-hybridized carbons (Fsp3) is 0.710. The largest absolute Gasteiger partial charge is 0.493 e. The smallest absolute Gasteiger partial charge is 0.410 e. The van der Waals surface area contributed by atoms with Crippen molar-refractivity contribution >= 4 is 17.9 Å². The molecular formula is C31H51N3O7. The molecule has 232 valence electrons. The van der Waals surface area contributed by atoms with Crippen LogP contribution >= 0.6 is 0 Å². The lowest BCUT2D eigenvalue weighted by Gasteiger charge is -2.38. The fourth-order valence-electron chi connectivity index (χ4n) is 4.71. The Kier molecular flexibility index (Phi) is 13.7. The number of hydrogen-bond donors (Lipinski definition) is 1. The lowest BCUT2D eigenvalue weighted by molar-refractivity contribution is -0.140. The van der Waals surface area contributed by atoms with Crippen molar-refractivity contribution in [1.82, 2.24) is 15.1 Å². The Morgan fingerprint density at radius 1 is 1.07 bits per heavy atom. The summed E-state index contributed by atoms with van der Waals surface area (Å²) >= 11 is 0. The van der Waals surface area contributed by atoms with E-state index in [0.29, 0.717) is 56.7 Å². The molecule has 1 saturated heterocycles. The molecule has 41 heavy (non-hydrogen) atoms. The minimum atomic E-state index is -0.684. The van der Waals surface area contributed by atoms with E-state index >= 15 is 0 Å². The Hall–Kier alpha value is -3.01. The van der Waals surface area contributed by atoms with E-state index in [-0.39, 0.29) is 24.9 Å². The number of carbonyl (C=O) groups excluding carboxylic acids is 3. The van der Waals surface area contributed by atoms with Gasteiger partial charge in [-0.2, -0.15) is 0 Å². The normalized spacial score (nSPS) is 17.2. The highest BCUT2D eigenvalue weighted by atomic mass is 16.6. The Bertz CT molecular complexity index is 992. The van der Waals surface area contributed by atoms with Crippen molar-refractivity contribution in [2.24, 2.45) is 17.8 Å². The summed E-state index contributed by atoms with van der Waals surface area (Å²) < 4.78 is 22.1. The van der Waals surface area contributed by atoms with Crippen molar-refractivity contribution in [3.05, 3.63) is 23.8 Å². The number of nitrogens with zero attached hydrogens (tertiary/aromatic N) is 2. The standard InChI is InChI=1S/C31H51N3O7/c1-9-33(19-23-11-12-26(39-8)27(17-23)40-16-10-15-38-7)29(36)25-18-24(28(35)32-14-13-22(2)3)20-34(21-25)30(37)41-31(4,5)6/h11-12,17,22,24-25H,9-10,13-16,18-21H2,1-8H3,(H,32,35)/t24-,25-/m0/s1. The Labute approximate surface area is 246 Å². The van der Waals surface area contributed by atoms with Crippen LogP contribution in [-0.4, -0.2) is 86.9 Å². The van der Waals surface area contributed by atoms with Crippen LogP contribution in [0.1, 0.15) is 66.4 Å². The van der Waals surface area contributed by atoms with Gasteiger partial charge in [0.15, 0.2) is 11.5 Å². The zero-order valence-electron chi connectivity index (χ0n) is 26.3. The Morgan fingerprint density at radius 2 is 1.78 bits per heavy atom. The second kappa shape index (κ2) is 16.4. The number of hydrogen-bond acceptors (Lipinski definition) is 7. The van der Waals surface area contributed by atoms with Crippen molar-refractivity contribution in [2.75, 3.05) is 53.6 Å². The minimum absolute atomic E-state index is 0.0980. The van der Waals surface area contributed by atoms with Crippen molar-refractivity contribution in [3.8, 4) is 11.5 Å². The molecule has 2 atom stereocenters. The summed E-state index contributed by atoms with van der Waals surface area (Å²) in [6, 6.07) is 5.64. The number of likely N-dealkylation sites (tertiary alicyclic amines) is 1. The highest BCUT2D eigenvalue weighted by Crippen LogP contribution is 2.30. The van der Waals surface area contributed by atoms with Gasteiger partial charge in [0.1, 0.15) is 5.60 Å². The van der Waals surface area contributed by atoms with Crippen LogP contribution in [0.25, 0.3) is 0 Å². The second-order valence-electron chi connectivity index (χ2n) is 12.0. The summed E-state index contributed by atoms with van der Waals surface area (Å²) in [5, 5.41) is 3.00. The summed E-state index contributed by atoms with van der Waals surface area (Å²) in [6.07, 6.45) is 1.47. The van der Waals surface area contributed by atoms with E-state index < -0.39 is 23.5 Å². The second-order valence-corrected chi connectivity index (χ2v) is 12.0. The van der Waals surface area contributed by atoms with E-state index in [1.54, 1.807) is 39.9 Å². The predicted molar refractivity (Wildman–Crippen MR) is 158 cm³/mol. The number of carbonyl (C=O) groups is 3. The van der Waals surface area contributed by atoms with Crippen LogP contribution in [0.3, 0.4) is 0 Å². The zero-order valence-corrected chi connectivity index (χ0v) is 26.3. The van der Waals surface area contributed by atoms with E-state index in [2.05, 4.69) is 19.2 Å². The lowest BCUT2D eigenvalue weighted by Crippen LogP contribution is -2.53. The van der Waals surface area contributed by atoms with E-state index in [4.69, 9.17) is 18.9 Å². The van der Waals surface area contributed by atoms with Crippen molar-refractivity contribution in [2.45, 2.75) is 73.0 Å². The van der Waals surface area contributed by atoms with Crippen molar-refractivity contribution in [3.63, 3.8) is 0 Å². The SMILES string of the molecule is CCN(Cc1ccc(OC)c(OCCCOC)c1)C(=O)[C@H]1C[C@H](C(=O)NCCC(C)C)CN(C(=O)OC(C)(C)C)C1. The van der Waals surface area contributed by atoms with Crippen molar-refractivity contribution < 1.29 is 33.3 Å². The van der Waals surface area contributed by atoms with Gasteiger partial charge in [0.25, 0.3) is 0 Å². The minimum Gasteiger partial charge on any atom is -0.493 e. The van der Waals surface area contributed by atoms with Gasteiger partial charge >= 0.3 is 6.09 Å². The topological polar surface area (TPSA) is 107 Å².